The van der Waals surface area contributed by atoms with Crippen molar-refractivity contribution in [2.75, 3.05) is 46.2 Å². The van der Waals surface area contributed by atoms with Crippen molar-refractivity contribution < 1.29 is 14.5 Å². The van der Waals surface area contributed by atoms with Gasteiger partial charge in [-0.1, -0.05) is 0 Å². The van der Waals surface area contributed by atoms with E-state index in [1.807, 2.05) is 14.1 Å². The van der Waals surface area contributed by atoms with Gasteiger partial charge in [-0.25, -0.2) is 0 Å². The molecular formula is C13H20N4O4. The fraction of sp³-hybridized carbons (Fsp3) is 0.462. The highest BCUT2D eigenvalue weighted by atomic mass is 16.6. The van der Waals surface area contributed by atoms with Crippen molar-refractivity contribution in [1.82, 2.24) is 10.2 Å². The summed E-state index contributed by atoms with van der Waals surface area (Å²) >= 11 is 0. The predicted molar refractivity (Wildman–Crippen MR) is 79.7 cm³/mol. The number of amides is 1. The van der Waals surface area contributed by atoms with E-state index in [2.05, 4.69) is 10.6 Å². The number of likely N-dealkylation sites (N-methyl/N-ethyl adjacent to an activating group) is 1. The van der Waals surface area contributed by atoms with Gasteiger partial charge >= 0.3 is 5.69 Å². The molecule has 116 valence electrons. The first-order valence-corrected chi connectivity index (χ1v) is 6.41. The van der Waals surface area contributed by atoms with Gasteiger partial charge in [-0.3, -0.25) is 14.9 Å². The standard InChI is InChI=1S/C13H20N4O4/c1-16(2)9-13(18)15-7-6-14-10-4-5-11(17(19)20)12(8-10)21-3/h4-5,8,14H,6-7,9H2,1-3H3,(H,15,18). The van der Waals surface area contributed by atoms with Crippen molar-refractivity contribution in [3.8, 4) is 5.75 Å². The van der Waals surface area contributed by atoms with Crippen LogP contribution in [0, 0.1) is 10.1 Å². The normalized spacial score (nSPS) is 10.3. The zero-order valence-corrected chi connectivity index (χ0v) is 12.4. The zero-order chi connectivity index (χ0) is 15.8. The highest BCUT2D eigenvalue weighted by molar-refractivity contribution is 5.77. The zero-order valence-electron chi connectivity index (χ0n) is 12.4. The van der Waals surface area contributed by atoms with Crippen LogP contribution in [0.15, 0.2) is 18.2 Å². The molecule has 1 amide bonds. The van der Waals surface area contributed by atoms with Gasteiger partial charge in [0.25, 0.3) is 0 Å². The molecule has 0 aliphatic carbocycles. The molecular weight excluding hydrogens is 276 g/mol. The molecule has 0 heterocycles. The Morgan fingerprint density at radius 3 is 2.67 bits per heavy atom. The quantitative estimate of drug-likeness (QED) is 0.416. The first-order valence-electron chi connectivity index (χ1n) is 6.41. The van der Waals surface area contributed by atoms with Crippen LogP contribution in [0.2, 0.25) is 0 Å². The predicted octanol–water partition coefficient (Wildman–Crippen LogP) is 0.693. The van der Waals surface area contributed by atoms with Gasteiger partial charge in [0.05, 0.1) is 18.6 Å². The molecule has 8 nitrogen and oxygen atoms in total. The number of anilines is 1. The molecule has 0 saturated heterocycles. The maximum atomic E-state index is 11.4. The summed E-state index contributed by atoms with van der Waals surface area (Å²) in [6.45, 7) is 1.32. The average molecular weight is 296 g/mol. The van der Waals surface area contributed by atoms with E-state index >= 15 is 0 Å². The van der Waals surface area contributed by atoms with E-state index in [0.717, 1.165) is 0 Å². The highest BCUT2D eigenvalue weighted by Crippen LogP contribution is 2.29. The maximum Gasteiger partial charge on any atom is 0.311 e. The van der Waals surface area contributed by atoms with E-state index < -0.39 is 4.92 Å². The Hall–Kier alpha value is -2.35. The molecule has 0 bridgehead atoms. The lowest BCUT2D eigenvalue weighted by atomic mass is 10.2. The average Bonchev–Trinajstić information content (AvgIpc) is 2.42. The summed E-state index contributed by atoms with van der Waals surface area (Å²) in [5, 5.41) is 16.6. The third kappa shape index (κ3) is 5.65. The monoisotopic (exact) mass is 296 g/mol. The minimum atomic E-state index is -0.496. The van der Waals surface area contributed by atoms with E-state index in [1.54, 1.807) is 17.0 Å². The van der Waals surface area contributed by atoms with Crippen molar-refractivity contribution in [3.05, 3.63) is 28.3 Å². The molecule has 0 aliphatic rings. The fourth-order valence-electron chi connectivity index (χ4n) is 1.69. The van der Waals surface area contributed by atoms with Gasteiger partial charge in [-0.05, 0) is 20.2 Å². The van der Waals surface area contributed by atoms with Crippen molar-refractivity contribution in [3.63, 3.8) is 0 Å². The van der Waals surface area contributed by atoms with Gasteiger partial charge in [0.2, 0.25) is 5.91 Å². The van der Waals surface area contributed by atoms with E-state index in [4.69, 9.17) is 4.74 Å². The molecule has 1 aromatic rings. The van der Waals surface area contributed by atoms with Crippen LogP contribution < -0.4 is 15.4 Å². The Labute approximate surface area is 123 Å². The fourth-order valence-corrected chi connectivity index (χ4v) is 1.69. The Morgan fingerprint density at radius 2 is 2.10 bits per heavy atom. The molecule has 1 rings (SSSR count). The second-order valence-corrected chi connectivity index (χ2v) is 4.66. The third-order valence-corrected chi connectivity index (χ3v) is 2.61. The first-order chi connectivity index (χ1) is 9.93. The van der Waals surface area contributed by atoms with E-state index in [1.165, 1.54) is 13.2 Å². The molecule has 0 unspecified atom stereocenters. The van der Waals surface area contributed by atoms with Crippen LogP contribution in [0.3, 0.4) is 0 Å². The summed E-state index contributed by atoms with van der Waals surface area (Å²) < 4.78 is 4.98. The number of nitrogens with one attached hydrogen (secondary N) is 2. The lowest BCUT2D eigenvalue weighted by Gasteiger charge is -2.11. The molecule has 1 aromatic carbocycles. The molecule has 0 radical (unpaired) electrons. The number of nitro groups is 1. The molecule has 0 saturated carbocycles. The second kappa shape index (κ2) is 8.05. The van der Waals surface area contributed by atoms with Gasteiger partial charge in [0.1, 0.15) is 0 Å². The van der Waals surface area contributed by atoms with E-state index in [0.29, 0.717) is 25.3 Å². The summed E-state index contributed by atoms with van der Waals surface area (Å²) in [7, 11) is 5.02. The number of benzene rings is 1. The largest absolute Gasteiger partial charge is 0.490 e. The maximum absolute atomic E-state index is 11.4. The lowest BCUT2D eigenvalue weighted by Crippen LogP contribution is -2.35. The third-order valence-electron chi connectivity index (χ3n) is 2.61. The molecule has 0 atom stereocenters. The number of carbonyl (C=O) groups excluding carboxylic acids is 1. The minimum Gasteiger partial charge on any atom is -0.490 e. The Morgan fingerprint density at radius 1 is 1.38 bits per heavy atom. The van der Waals surface area contributed by atoms with Crippen LogP contribution in [-0.2, 0) is 4.79 Å². The summed E-state index contributed by atoms with van der Waals surface area (Å²) in [5.41, 5.74) is 0.613. The second-order valence-electron chi connectivity index (χ2n) is 4.66. The van der Waals surface area contributed by atoms with Gasteiger partial charge in [-0.2, -0.15) is 0 Å². The lowest BCUT2D eigenvalue weighted by molar-refractivity contribution is -0.385. The molecule has 0 aliphatic heterocycles. The summed E-state index contributed by atoms with van der Waals surface area (Å²) in [5.74, 6) is 0.143. The first kappa shape index (κ1) is 16.7. The molecule has 0 aromatic heterocycles. The molecule has 0 spiro atoms. The van der Waals surface area contributed by atoms with Crippen LogP contribution in [0.25, 0.3) is 0 Å². The van der Waals surface area contributed by atoms with Crippen LogP contribution in [-0.4, -0.2) is 56.6 Å². The Balaban J connectivity index is 2.46. The molecule has 2 N–H and O–H groups in total. The number of ether oxygens (including phenoxy) is 1. The number of carbonyl (C=O) groups is 1. The van der Waals surface area contributed by atoms with Crippen LogP contribution in [0.1, 0.15) is 0 Å². The Kier molecular flexibility index (Phi) is 6.41. The van der Waals surface area contributed by atoms with Crippen LogP contribution >= 0.6 is 0 Å². The molecule has 21 heavy (non-hydrogen) atoms. The smallest absolute Gasteiger partial charge is 0.311 e. The van der Waals surface area contributed by atoms with Crippen LogP contribution in [0.4, 0.5) is 11.4 Å². The van der Waals surface area contributed by atoms with Crippen LogP contribution in [0.5, 0.6) is 5.75 Å². The Bertz CT molecular complexity index is 505. The van der Waals surface area contributed by atoms with Crippen molar-refractivity contribution in [2.24, 2.45) is 0 Å². The molecule has 8 heteroatoms. The van der Waals surface area contributed by atoms with Gasteiger partial charge in [0, 0.05) is 30.9 Å². The van der Waals surface area contributed by atoms with Crippen molar-refractivity contribution >= 4 is 17.3 Å². The van der Waals surface area contributed by atoms with E-state index in [9.17, 15) is 14.9 Å². The minimum absolute atomic E-state index is 0.0527. The SMILES string of the molecule is COc1cc(NCCNC(=O)CN(C)C)ccc1[N+](=O)[O-]. The topological polar surface area (TPSA) is 96.7 Å². The molecule has 0 fully saturated rings. The van der Waals surface area contributed by atoms with Gasteiger partial charge in [-0.15, -0.1) is 0 Å². The number of hydrogen-bond acceptors (Lipinski definition) is 6. The van der Waals surface area contributed by atoms with Gasteiger partial charge < -0.3 is 20.3 Å². The number of rotatable bonds is 8. The summed E-state index contributed by atoms with van der Waals surface area (Å²) in [6, 6.07) is 4.54. The summed E-state index contributed by atoms with van der Waals surface area (Å²) in [4.78, 5) is 23.5. The summed E-state index contributed by atoms with van der Waals surface area (Å²) in [6.07, 6.45) is 0. The highest BCUT2D eigenvalue weighted by Gasteiger charge is 2.14. The number of hydrogen-bond donors (Lipinski definition) is 2. The number of nitrogens with zero attached hydrogens (tertiary/aromatic N) is 2. The van der Waals surface area contributed by atoms with Crippen molar-refractivity contribution in [2.45, 2.75) is 0 Å². The van der Waals surface area contributed by atoms with Gasteiger partial charge in [0.15, 0.2) is 5.75 Å². The number of methoxy groups -OCH3 is 1. The van der Waals surface area contributed by atoms with Crippen molar-refractivity contribution in [1.29, 1.82) is 0 Å². The number of nitro benzene ring substituents is 1. The van der Waals surface area contributed by atoms with E-state index in [-0.39, 0.29) is 17.3 Å².